The molecule has 1 aromatic carbocycles. The highest BCUT2D eigenvalue weighted by Crippen LogP contribution is 2.32. The van der Waals surface area contributed by atoms with Gasteiger partial charge in [-0.3, -0.25) is 14.9 Å². The number of carbonyl (C=O) groups is 1. The fourth-order valence-electron chi connectivity index (χ4n) is 2.55. The number of fused-ring (bicyclic) bond motifs is 1. The second kappa shape index (κ2) is 4.71. The molecule has 0 amide bonds. The van der Waals surface area contributed by atoms with E-state index in [4.69, 9.17) is 0 Å². The Labute approximate surface area is 117 Å². The first-order valence-corrected chi connectivity index (χ1v) is 6.80. The van der Waals surface area contributed by atoms with Gasteiger partial charge in [0, 0.05) is 23.1 Å². The standard InChI is InChI=1S/C16H17N3O/c1-9-10(2)17-7-6-13(9)16-14-8-12(11(3)20)4-5-15(14)18-19-16/h4-10H,1-3H3,(H,18,19). The number of aromatic amines is 1. The van der Waals surface area contributed by atoms with Crippen LogP contribution in [0.3, 0.4) is 0 Å². The number of carbonyl (C=O) groups excluding carboxylic acids is 1. The van der Waals surface area contributed by atoms with Gasteiger partial charge in [-0.25, -0.2) is 0 Å². The van der Waals surface area contributed by atoms with Crippen LogP contribution in [0, 0.1) is 5.92 Å². The first-order chi connectivity index (χ1) is 9.58. The minimum atomic E-state index is 0.0691. The monoisotopic (exact) mass is 267 g/mol. The highest BCUT2D eigenvalue weighted by Gasteiger charge is 2.23. The highest BCUT2D eigenvalue weighted by molar-refractivity contribution is 6.01. The quantitative estimate of drug-likeness (QED) is 0.849. The Kier molecular flexibility index (Phi) is 3.01. The largest absolute Gasteiger partial charge is 0.295 e. The third-order valence-corrected chi connectivity index (χ3v) is 4.03. The minimum Gasteiger partial charge on any atom is -0.295 e. The Morgan fingerprint density at radius 2 is 2.10 bits per heavy atom. The van der Waals surface area contributed by atoms with Gasteiger partial charge < -0.3 is 0 Å². The molecule has 1 aliphatic heterocycles. The smallest absolute Gasteiger partial charge is 0.159 e. The van der Waals surface area contributed by atoms with Gasteiger partial charge >= 0.3 is 0 Å². The van der Waals surface area contributed by atoms with Gasteiger partial charge in [0.05, 0.1) is 17.3 Å². The SMILES string of the molecule is CC(=O)c1ccc2[nH]nc(C3=CC=NC(C)C3C)c2c1. The summed E-state index contributed by atoms with van der Waals surface area (Å²) in [6.45, 7) is 5.84. The summed E-state index contributed by atoms with van der Waals surface area (Å²) in [5.74, 6) is 0.382. The number of Topliss-reactive ketones (excluding diaryl/α,β-unsaturated/α-hetero) is 1. The number of nitrogens with one attached hydrogen (secondary N) is 1. The molecule has 0 saturated carbocycles. The van der Waals surface area contributed by atoms with Crippen molar-refractivity contribution >= 4 is 28.5 Å². The van der Waals surface area contributed by atoms with E-state index in [1.807, 2.05) is 30.5 Å². The number of aliphatic imine (C=N–C) groups is 1. The maximum Gasteiger partial charge on any atom is 0.159 e. The molecule has 4 nitrogen and oxygen atoms in total. The van der Waals surface area contributed by atoms with Crippen molar-refractivity contribution in [3.63, 3.8) is 0 Å². The molecular formula is C16H17N3O. The zero-order chi connectivity index (χ0) is 14.3. The van der Waals surface area contributed by atoms with Crippen molar-refractivity contribution in [3.8, 4) is 0 Å². The lowest BCUT2D eigenvalue weighted by molar-refractivity contribution is 0.101. The zero-order valence-corrected chi connectivity index (χ0v) is 11.8. The molecule has 1 N–H and O–H groups in total. The molecule has 102 valence electrons. The Bertz CT molecular complexity index is 739. The highest BCUT2D eigenvalue weighted by atomic mass is 16.1. The number of aromatic nitrogens is 2. The van der Waals surface area contributed by atoms with Gasteiger partial charge in [-0.05, 0) is 43.7 Å². The topological polar surface area (TPSA) is 58.1 Å². The van der Waals surface area contributed by atoms with Crippen LogP contribution in [-0.4, -0.2) is 28.2 Å². The predicted octanol–water partition coefficient (Wildman–Crippen LogP) is 3.26. The van der Waals surface area contributed by atoms with E-state index in [1.165, 1.54) is 5.57 Å². The Morgan fingerprint density at radius 3 is 2.85 bits per heavy atom. The summed E-state index contributed by atoms with van der Waals surface area (Å²) in [7, 11) is 0. The van der Waals surface area contributed by atoms with Crippen molar-refractivity contribution in [2.24, 2.45) is 10.9 Å². The summed E-state index contributed by atoms with van der Waals surface area (Å²) in [4.78, 5) is 16.0. The number of allylic oxidation sites excluding steroid dienone is 1. The summed E-state index contributed by atoms with van der Waals surface area (Å²) in [5.41, 5.74) is 3.76. The second-order valence-electron chi connectivity index (χ2n) is 5.34. The third kappa shape index (κ3) is 1.97. The lowest BCUT2D eigenvalue weighted by Gasteiger charge is -2.21. The average Bonchev–Trinajstić information content (AvgIpc) is 2.84. The third-order valence-electron chi connectivity index (χ3n) is 4.03. The van der Waals surface area contributed by atoms with Crippen LogP contribution in [0.15, 0.2) is 29.3 Å². The molecule has 20 heavy (non-hydrogen) atoms. The van der Waals surface area contributed by atoms with Crippen molar-refractivity contribution < 1.29 is 4.79 Å². The summed E-state index contributed by atoms with van der Waals surface area (Å²) >= 11 is 0. The summed E-state index contributed by atoms with van der Waals surface area (Å²) in [5, 5.41) is 8.48. The molecule has 3 rings (SSSR count). The molecule has 4 heteroatoms. The number of rotatable bonds is 2. The molecular weight excluding hydrogens is 250 g/mol. The van der Waals surface area contributed by atoms with Crippen LogP contribution in [-0.2, 0) is 0 Å². The normalized spacial score (nSPS) is 22.1. The van der Waals surface area contributed by atoms with Crippen LogP contribution >= 0.6 is 0 Å². The van der Waals surface area contributed by atoms with Crippen molar-refractivity contribution in [3.05, 3.63) is 35.5 Å². The Morgan fingerprint density at radius 1 is 1.30 bits per heavy atom. The van der Waals surface area contributed by atoms with E-state index in [1.54, 1.807) is 6.92 Å². The first kappa shape index (κ1) is 12.8. The number of dihydropyridines is 1. The van der Waals surface area contributed by atoms with Crippen molar-refractivity contribution in [2.75, 3.05) is 0 Å². The Balaban J connectivity index is 2.17. The molecule has 2 heterocycles. The maximum absolute atomic E-state index is 11.5. The molecule has 0 spiro atoms. The van der Waals surface area contributed by atoms with E-state index in [2.05, 4.69) is 29.0 Å². The number of ketones is 1. The van der Waals surface area contributed by atoms with Crippen LogP contribution in [0.5, 0.6) is 0 Å². The van der Waals surface area contributed by atoms with Crippen molar-refractivity contribution in [2.45, 2.75) is 26.8 Å². The van der Waals surface area contributed by atoms with Crippen LogP contribution < -0.4 is 0 Å². The van der Waals surface area contributed by atoms with Crippen LogP contribution in [0.2, 0.25) is 0 Å². The van der Waals surface area contributed by atoms with Gasteiger partial charge in [-0.2, -0.15) is 5.10 Å². The Hall–Kier alpha value is -2.23. The van der Waals surface area contributed by atoms with Crippen molar-refractivity contribution in [1.29, 1.82) is 0 Å². The number of hydrogen-bond acceptors (Lipinski definition) is 3. The van der Waals surface area contributed by atoms with Gasteiger partial charge in [0.25, 0.3) is 0 Å². The van der Waals surface area contributed by atoms with Gasteiger partial charge in [0.15, 0.2) is 5.78 Å². The van der Waals surface area contributed by atoms with Gasteiger partial charge in [0.2, 0.25) is 0 Å². The fourth-order valence-corrected chi connectivity index (χ4v) is 2.55. The lowest BCUT2D eigenvalue weighted by Crippen LogP contribution is -2.17. The zero-order valence-electron chi connectivity index (χ0n) is 11.8. The molecule has 0 saturated heterocycles. The fraction of sp³-hybridized carbons (Fsp3) is 0.312. The summed E-state index contributed by atoms with van der Waals surface area (Å²) in [6.07, 6.45) is 3.86. The number of hydrogen-bond donors (Lipinski definition) is 1. The first-order valence-electron chi connectivity index (χ1n) is 6.80. The number of nitrogens with zero attached hydrogens (tertiary/aromatic N) is 2. The van der Waals surface area contributed by atoms with E-state index in [0.29, 0.717) is 11.5 Å². The van der Waals surface area contributed by atoms with Crippen molar-refractivity contribution in [1.82, 2.24) is 10.2 Å². The van der Waals surface area contributed by atoms with Crippen LogP contribution in [0.1, 0.15) is 36.8 Å². The van der Waals surface area contributed by atoms with Gasteiger partial charge in [-0.1, -0.05) is 6.92 Å². The van der Waals surface area contributed by atoms with E-state index >= 15 is 0 Å². The maximum atomic E-state index is 11.5. The van der Waals surface area contributed by atoms with Crippen LogP contribution in [0.25, 0.3) is 16.5 Å². The molecule has 1 aliphatic rings. The molecule has 2 unspecified atom stereocenters. The second-order valence-corrected chi connectivity index (χ2v) is 5.34. The molecule has 1 aromatic heterocycles. The van der Waals surface area contributed by atoms with E-state index in [-0.39, 0.29) is 11.8 Å². The minimum absolute atomic E-state index is 0.0691. The molecule has 2 atom stereocenters. The number of H-pyrrole nitrogens is 1. The molecule has 0 radical (unpaired) electrons. The summed E-state index contributed by atoms with van der Waals surface area (Å²) in [6, 6.07) is 5.90. The van der Waals surface area contributed by atoms with E-state index < -0.39 is 0 Å². The molecule has 0 bridgehead atoms. The molecule has 0 fully saturated rings. The molecule has 0 aliphatic carbocycles. The lowest BCUT2D eigenvalue weighted by atomic mass is 9.89. The number of benzene rings is 1. The average molecular weight is 267 g/mol. The van der Waals surface area contributed by atoms with Gasteiger partial charge in [0.1, 0.15) is 0 Å². The predicted molar refractivity (Wildman–Crippen MR) is 81.2 cm³/mol. The molecule has 2 aromatic rings. The van der Waals surface area contributed by atoms with Crippen LogP contribution in [0.4, 0.5) is 0 Å². The van der Waals surface area contributed by atoms with Gasteiger partial charge in [-0.15, -0.1) is 0 Å². The summed E-state index contributed by atoms with van der Waals surface area (Å²) < 4.78 is 0. The van der Waals surface area contributed by atoms with E-state index in [0.717, 1.165) is 16.6 Å². The van der Waals surface area contributed by atoms with E-state index in [9.17, 15) is 4.79 Å².